The normalized spacial score (nSPS) is 11.5. The molecule has 26 heavy (non-hydrogen) atoms. The highest BCUT2D eigenvalue weighted by Gasteiger charge is 2.32. The number of carbonyl (C=O) groups is 1. The maximum Gasteiger partial charge on any atom is 0.416 e. The maximum atomic E-state index is 12.9. The zero-order chi connectivity index (χ0) is 19.7. The highest BCUT2D eigenvalue weighted by molar-refractivity contribution is 8.14. The molecular weight excluding hydrogens is 369 g/mol. The van der Waals surface area contributed by atoms with Crippen LogP contribution in [0.5, 0.6) is 0 Å². The van der Waals surface area contributed by atoms with Gasteiger partial charge in [-0.3, -0.25) is 5.41 Å². The first kappa shape index (κ1) is 22.3. The number of thioether (sulfide) groups is 1. The number of rotatable bonds is 7. The molecule has 1 aromatic carbocycles. The monoisotopic (exact) mass is 392 g/mol. The number of amidine groups is 1. The highest BCUT2D eigenvalue weighted by Crippen LogP contribution is 2.32. The molecule has 0 unspecified atom stereocenters. The van der Waals surface area contributed by atoms with Gasteiger partial charge in [-0.2, -0.15) is 13.2 Å². The van der Waals surface area contributed by atoms with Crippen LogP contribution in [0.1, 0.15) is 12.5 Å². The zero-order valence-electron chi connectivity index (χ0n) is 14.6. The lowest BCUT2D eigenvalue weighted by Gasteiger charge is -2.24. The van der Waals surface area contributed by atoms with Gasteiger partial charge in [-0.1, -0.05) is 24.8 Å². The van der Waals surface area contributed by atoms with Crippen molar-refractivity contribution in [2.45, 2.75) is 13.1 Å². The van der Waals surface area contributed by atoms with Crippen LogP contribution in [0.15, 0.2) is 24.3 Å². The van der Waals surface area contributed by atoms with Gasteiger partial charge in [-0.15, -0.1) is 0 Å². The summed E-state index contributed by atoms with van der Waals surface area (Å²) < 4.78 is 38.8. The van der Waals surface area contributed by atoms with E-state index in [1.807, 2.05) is 0 Å². The van der Waals surface area contributed by atoms with Gasteiger partial charge < -0.3 is 15.3 Å². The van der Waals surface area contributed by atoms with E-state index >= 15 is 0 Å². The lowest BCUT2D eigenvalue weighted by molar-refractivity contribution is -0.137. The predicted octanol–water partition coefficient (Wildman–Crippen LogP) is 2.83. The van der Waals surface area contributed by atoms with Crippen molar-refractivity contribution in [3.8, 4) is 0 Å². The molecule has 0 saturated carbocycles. The van der Waals surface area contributed by atoms with Crippen LogP contribution in [0.3, 0.4) is 0 Å². The van der Waals surface area contributed by atoms with E-state index in [1.54, 1.807) is 18.9 Å². The number of hydrogen-bond donors (Lipinski definition) is 3. The Morgan fingerprint density at radius 1 is 1.35 bits per heavy atom. The average molecular weight is 392 g/mol. The Kier molecular flexibility index (Phi) is 8.89. The Balaban J connectivity index is 2.95. The third-order valence-corrected chi connectivity index (χ3v) is 4.12. The number of halogens is 3. The molecule has 0 aliphatic heterocycles. The van der Waals surface area contributed by atoms with Crippen molar-refractivity contribution in [2.24, 2.45) is 0 Å². The van der Waals surface area contributed by atoms with Gasteiger partial charge in [-0.05, 0) is 31.0 Å². The molecule has 0 radical (unpaired) electrons. The minimum atomic E-state index is -4.54. The standard InChI is InChI=1S/C16H23F3N4O2S/c1-3-26-14(20)23(15(25)21-7-8-22(2)9-10-24)13-6-4-5-12(11-13)16(17,18)19/h4-6,11,20,24H,3,7-10H2,1-2H3,(H,21,25). The largest absolute Gasteiger partial charge is 0.416 e. The van der Waals surface area contributed by atoms with Crippen LogP contribution < -0.4 is 10.2 Å². The SMILES string of the molecule is CCSC(=N)N(C(=O)NCCN(C)CCO)c1cccc(C(F)(F)F)c1. The van der Waals surface area contributed by atoms with Crippen molar-refractivity contribution in [1.29, 1.82) is 5.41 Å². The summed E-state index contributed by atoms with van der Waals surface area (Å²) in [5.41, 5.74) is -0.906. The molecular formula is C16H23F3N4O2S. The number of hydrogen-bond acceptors (Lipinski definition) is 5. The van der Waals surface area contributed by atoms with E-state index in [9.17, 15) is 18.0 Å². The van der Waals surface area contributed by atoms with Crippen LogP contribution in [0.25, 0.3) is 0 Å². The summed E-state index contributed by atoms with van der Waals surface area (Å²) >= 11 is 1.05. The number of alkyl halides is 3. The Hall–Kier alpha value is -1.78. The van der Waals surface area contributed by atoms with E-state index in [0.29, 0.717) is 18.8 Å². The van der Waals surface area contributed by atoms with Gasteiger partial charge in [0, 0.05) is 19.6 Å². The van der Waals surface area contributed by atoms with Crippen molar-refractivity contribution >= 4 is 28.6 Å². The van der Waals surface area contributed by atoms with Gasteiger partial charge in [0.2, 0.25) is 0 Å². The third kappa shape index (κ3) is 6.85. The van der Waals surface area contributed by atoms with E-state index in [-0.39, 0.29) is 24.0 Å². The molecule has 146 valence electrons. The van der Waals surface area contributed by atoms with Crippen LogP contribution in [0.2, 0.25) is 0 Å². The number of nitrogens with zero attached hydrogens (tertiary/aromatic N) is 2. The van der Waals surface area contributed by atoms with E-state index < -0.39 is 17.8 Å². The number of aliphatic hydroxyl groups is 1. The Morgan fingerprint density at radius 2 is 2.04 bits per heavy atom. The fraction of sp³-hybridized carbons (Fsp3) is 0.500. The second kappa shape index (κ2) is 10.4. The van der Waals surface area contributed by atoms with E-state index in [4.69, 9.17) is 10.5 Å². The Labute approximate surface area is 154 Å². The van der Waals surface area contributed by atoms with E-state index in [2.05, 4.69) is 5.32 Å². The molecule has 1 rings (SSSR count). The van der Waals surface area contributed by atoms with Crippen LogP contribution in [0, 0.1) is 5.41 Å². The quantitative estimate of drug-likeness (QED) is 0.492. The maximum absolute atomic E-state index is 12.9. The number of aliphatic hydroxyl groups excluding tert-OH is 1. The fourth-order valence-electron chi connectivity index (χ4n) is 2.06. The van der Waals surface area contributed by atoms with Gasteiger partial charge in [-0.25, -0.2) is 9.69 Å². The molecule has 0 atom stereocenters. The van der Waals surface area contributed by atoms with Gasteiger partial charge >= 0.3 is 12.2 Å². The number of carbonyl (C=O) groups excluding carboxylic acids is 1. The molecule has 0 aliphatic carbocycles. The van der Waals surface area contributed by atoms with Crippen molar-refractivity contribution < 1.29 is 23.1 Å². The summed E-state index contributed by atoms with van der Waals surface area (Å²) in [6, 6.07) is 3.66. The molecule has 6 nitrogen and oxygen atoms in total. The van der Waals surface area contributed by atoms with E-state index in [1.165, 1.54) is 12.1 Å². The van der Waals surface area contributed by atoms with Crippen LogP contribution in [-0.2, 0) is 6.18 Å². The van der Waals surface area contributed by atoms with Crippen LogP contribution >= 0.6 is 11.8 Å². The van der Waals surface area contributed by atoms with Crippen molar-refractivity contribution in [3.05, 3.63) is 29.8 Å². The molecule has 2 amide bonds. The molecule has 0 saturated heterocycles. The second-order valence-electron chi connectivity index (χ2n) is 5.38. The molecule has 0 spiro atoms. The number of benzene rings is 1. The first-order chi connectivity index (χ1) is 12.2. The summed E-state index contributed by atoms with van der Waals surface area (Å²) in [6.45, 7) is 2.89. The molecule has 0 bridgehead atoms. The third-order valence-electron chi connectivity index (χ3n) is 3.37. The molecule has 0 heterocycles. The number of nitrogens with one attached hydrogen (secondary N) is 2. The van der Waals surface area contributed by atoms with Gasteiger partial charge in [0.05, 0.1) is 17.9 Å². The van der Waals surface area contributed by atoms with Crippen molar-refractivity contribution in [2.75, 3.05) is 43.9 Å². The minimum Gasteiger partial charge on any atom is -0.395 e. The molecule has 3 N–H and O–H groups in total. The molecule has 0 fully saturated rings. The topological polar surface area (TPSA) is 79.7 Å². The molecule has 10 heteroatoms. The molecule has 0 aromatic heterocycles. The van der Waals surface area contributed by atoms with Crippen LogP contribution in [0.4, 0.5) is 23.7 Å². The van der Waals surface area contributed by atoms with Gasteiger partial charge in [0.25, 0.3) is 0 Å². The molecule has 0 aliphatic rings. The number of likely N-dealkylation sites (N-methyl/N-ethyl adjacent to an activating group) is 1. The summed E-state index contributed by atoms with van der Waals surface area (Å²) in [4.78, 5) is 15.2. The average Bonchev–Trinajstić information content (AvgIpc) is 2.55. The van der Waals surface area contributed by atoms with Gasteiger partial charge in [0.1, 0.15) is 0 Å². The lowest BCUT2D eigenvalue weighted by atomic mass is 10.2. The van der Waals surface area contributed by atoms with Gasteiger partial charge in [0.15, 0.2) is 5.17 Å². The molecule has 1 aromatic rings. The fourth-order valence-corrected chi connectivity index (χ4v) is 2.66. The van der Waals surface area contributed by atoms with E-state index in [0.717, 1.165) is 28.8 Å². The Bertz CT molecular complexity index is 613. The smallest absolute Gasteiger partial charge is 0.395 e. The number of urea groups is 1. The predicted molar refractivity (Wildman–Crippen MR) is 97.8 cm³/mol. The van der Waals surface area contributed by atoms with Crippen molar-refractivity contribution in [1.82, 2.24) is 10.2 Å². The first-order valence-electron chi connectivity index (χ1n) is 7.96. The highest BCUT2D eigenvalue weighted by atomic mass is 32.2. The first-order valence-corrected chi connectivity index (χ1v) is 8.95. The van der Waals surface area contributed by atoms with Crippen LogP contribution in [-0.4, -0.2) is 60.2 Å². The zero-order valence-corrected chi connectivity index (χ0v) is 15.5. The second-order valence-corrected chi connectivity index (χ2v) is 6.63. The summed E-state index contributed by atoms with van der Waals surface area (Å²) in [7, 11) is 1.77. The minimum absolute atomic E-state index is 0.0153. The Morgan fingerprint density at radius 3 is 2.62 bits per heavy atom. The summed E-state index contributed by atoms with van der Waals surface area (Å²) in [5, 5.41) is 19.3. The summed E-state index contributed by atoms with van der Waals surface area (Å²) in [6.07, 6.45) is -4.54. The number of anilines is 1. The summed E-state index contributed by atoms with van der Waals surface area (Å²) in [5.74, 6) is 0.501. The lowest BCUT2D eigenvalue weighted by Crippen LogP contribution is -2.45. The number of amides is 2. The van der Waals surface area contributed by atoms with Crippen molar-refractivity contribution in [3.63, 3.8) is 0 Å².